The highest BCUT2D eigenvalue weighted by Crippen LogP contribution is 2.43. The molecule has 0 bridgehead atoms. The molecule has 0 aliphatic carbocycles. The summed E-state index contributed by atoms with van der Waals surface area (Å²) >= 11 is 0. The van der Waals surface area contributed by atoms with Crippen LogP contribution in [0.5, 0.6) is 0 Å². The highest BCUT2D eigenvalue weighted by molar-refractivity contribution is 7.47. The summed E-state index contributed by atoms with van der Waals surface area (Å²) in [6.45, 7) is 4.53. The number of rotatable bonds is 51. The molecule has 0 aromatic rings. The molecular formula is C56H101O11P. The van der Waals surface area contributed by atoms with Crippen LogP contribution in [0.2, 0.25) is 0 Å². The first kappa shape index (κ1) is 65.4. The van der Waals surface area contributed by atoms with E-state index in [1.165, 1.54) is 89.9 Å². The maximum absolute atomic E-state index is 12.9. The van der Waals surface area contributed by atoms with E-state index >= 15 is 0 Å². The summed E-state index contributed by atoms with van der Waals surface area (Å²) in [5.41, 5.74) is 0. The number of phosphoric acid groups is 1. The molecule has 0 fully saturated rings. The zero-order valence-electron chi connectivity index (χ0n) is 43.6. The third-order valence-corrected chi connectivity index (χ3v) is 12.7. The third kappa shape index (κ3) is 48.5. The van der Waals surface area contributed by atoms with Gasteiger partial charge in [-0.1, -0.05) is 204 Å². The van der Waals surface area contributed by atoms with Crippen molar-refractivity contribution in [2.24, 2.45) is 0 Å². The number of ether oxygens (including phenoxy) is 3. The zero-order chi connectivity index (χ0) is 49.9. The lowest BCUT2D eigenvalue weighted by molar-refractivity contribution is -0.161. The molecule has 0 saturated carbocycles. The number of carbonyl (C=O) groups is 3. The average molecular weight is 981 g/mol. The number of carbonyl (C=O) groups excluding carboxylic acids is 3. The SMILES string of the molecule is CCC/C=C\C/C=C\CCCCCCCC(=O)OC(CO)COP(=O)(O)OCC(COC(=O)CCCCCCCCCCCCC)OC(=O)CCCCCCCCC/C=C\C/C=C\CCCCC. The number of hydrogen-bond acceptors (Lipinski definition) is 10. The summed E-state index contributed by atoms with van der Waals surface area (Å²) in [6.07, 6.45) is 52.1. The number of hydrogen-bond donors (Lipinski definition) is 2. The molecule has 2 N–H and O–H groups in total. The third-order valence-electron chi connectivity index (χ3n) is 11.7. The Bertz CT molecular complexity index is 1330. The van der Waals surface area contributed by atoms with E-state index in [1.54, 1.807) is 0 Å². The number of allylic oxidation sites excluding steroid dienone is 8. The van der Waals surface area contributed by atoms with Gasteiger partial charge in [0.1, 0.15) is 12.7 Å². The van der Waals surface area contributed by atoms with Gasteiger partial charge < -0.3 is 24.2 Å². The van der Waals surface area contributed by atoms with Crippen LogP contribution in [0.3, 0.4) is 0 Å². The Morgan fingerprint density at radius 3 is 1.18 bits per heavy atom. The van der Waals surface area contributed by atoms with Gasteiger partial charge in [-0.2, -0.15) is 0 Å². The topological polar surface area (TPSA) is 155 Å². The van der Waals surface area contributed by atoms with E-state index < -0.39 is 57.8 Å². The molecule has 0 spiro atoms. The Kier molecular flexibility index (Phi) is 48.9. The highest BCUT2D eigenvalue weighted by Gasteiger charge is 2.28. The van der Waals surface area contributed by atoms with Crippen LogP contribution in [0.1, 0.15) is 252 Å². The molecule has 12 heteroatoms. The second-order valence-electron chi connectivity index (χ2n) is 18.4. The fraction of sp³-hybridized carbons (Fsp3) is 0.804. The van der Waals surface area contributed by atoms with Gasteiger partial charge in [-0.15, -0.1) is 0 Å². The van der Waals surface area contributed by atoms with Crippen LogP contribution in [0.4, 0.5) is 0 Å². The lowest BCUT2D eigenvalue weighted by Gasteiger charge is -2.21. The standard InChI is InChI=1S/C56H101O11P/c1-4-7-10-13-16-19-22-24-25-26-27-29-32-35-38-41-44-47-56(60)67-53(49-63-54(58)45-42-39-36-33-30-21-18-15-12-9-6-3)51-65-68(61,62)64-50-52(48-57)66-55(59)46-43-40-37-34-31-28-23-20-17-14-11-8-5-2/h11,14,16,19-20,23-25,52-53,57H,4-10,12-13,15,17-18,21-22,26-51H2,1-3H3,(H,61,62)/b14-11-,19-16-,23-20-,25-24-. The molecule has 0 heterocycles. The van der Waals surface area contributed by atoms with Crippen molar-refractivity contribution in [1.82, 2.24) is 0 Å². The Labute approximate surface area is 415 Å². The molecule has 396 valence electrons. The van der Waals surface area contributed by atoms with Gasteiger partial charge in [0.15, 0.2) is 6.10 Å². The van der Waals surface area contributed by atoms with Gasteiger partial charge in [0.25, 0.3) is 0 Å². The summed E-state index contributed by atoms with van der Waals surface area (Å²) in [4.78, 5) is 48.4. The number of unbranched alkanes of at least 4 members (excludes halogenated alkanes) is 26. The molecule has 11 nitrogen and oxygen atoms in total. The number of esters is 3. The van der Waals surface area contributed by atoms with Gasteiger partial charge in [-0.05, 0) is 77.0 Å². The summed E-state index contributed by atoms with van der Waals surface area (Å²) in [5.74, 6) is -1.48. The van der Waals surface area contributed by atoms with E-state index in [9.17, 15) is 28.9 Å². The van der Waals surface area contributed by atoms with Crippen molar-refractivity contribution in [2.45, 2.75) is 264 Å². The summed E-state index contributed by atoms with van der Waals surface area (Å²) < 4.78 is 39.4. The molecule has 0 radical (unpaired) electrons. The van der Waals surface area contributed by atoms with E-state index in [0.717, 1.165) is 103 Å². The average Bonchev–Trinajstić information content (AvgIpc) is 3.32. The largest absolute Gasteiger partial charge is 0.472 e. The minimum atomic E-state index is -4.74. The maximum atomic E-state index is 12.9. The Balaban J connectivity index is 4.72. The maximum Gasteiger partial charge on any atom is 0.472 e. The van der Waals surface area contributed by atoms with Gasteiger partial charge >= 0.3 is 25.7 Å². The predicted octanol–water partition coefficient (Wildman–Crippen LogP) is 15.8. The zero-order valence-corrected chi connectivity index (χ0v) is 44.5. The van der Waals surface area contributed by atoms with Crippen molar-refractivity contribution in [1.29, 1.82) is 0 Å². The van der Waals surface area contributed by atoms with Crippen molar-refractivity contribution in [3.05, 3.63) is 48.6 Å². The first-order valence-corrected chi connectivity index (χ1v) is 29.0. The van der Waals surface area contributed by atoms with Gasteiger partial charge in [-0.25, -0.2) is 4.57 Å². The van der Waals surface area contributed by atoms with Gasteiger partial charge in [-0.3, -0.25) is 23.4 Å². The molecule has 0 aliphatic rings. The molecule has 3 atom stereocenters. The monoisotopic (exact) mass is 981 g/mol. The molecular weight excluding hydrogens is 880 g/mol. The highest BCUT2D eigenvalue weighted by atomic mass is 31.2. The van der Waals surface area contributed by atoms with E-state index in [-0.39, 0.29) is 25.9 Å². The van der Waals surface area contributed by atoms with Crippen molar-refractivity contribution >= 4 is 25.7 Å². The molecule has 68 heavy (non-hydrogen) atoms. The predicted molar refractivity (Wildman–Crippen MR) is 279 cm³/mol. The smallest absolute Gasteiger partial charge is 0.462 e. The van der Waals surface area contributed by atoms with Crippen LogP contribution in [0, 0.1) is 0 Å². The lowest BCUT2D eigenvalue weighted by Crippen LogP contribution is -2.30. The van der Waals surface area contributed by atoms with E-state index in [0.29, 0.717) is 19.3 Å². The van der Waals surface area contributed by atoms with E-state index in [4.69, 9.17) is 23.3 Å². The molecule has 0 rings (SSSR count). The van der Waals surface area contributed by atoms with Gasteiger partial charge in [0.2, 0.25) is 0 Å². The molecule has 3 unspecified atom stereocenters. The first-order valence-electron chi connectivity index (χ1n) is 27.5. The van der Waals surface area contributed by atoms with Crippen molar-refractivity contribution in [2.75, 3.05) is 26.4 Å². The van der Waals surface area contributed by atoms with Crippen LogP contribution < -0.4 is 0 Å². The van der Waals surface area contributed by atoms with Crippen molar-refractivity contribution in [3.8, 4) is 0 Å². The molecule has 0 aliphatic heterocycles. The van der Waals surface area contributed by atoms with Crippen LogP contribution in [0.15, 0.2) is 48.6 Å². The normalized spacial score (nSPS) is 13.8. The fourth-order valence-corrected chi connectivity index (χ4v) is 8.27. The van der Waals surface area contributed by atoms with Crippen LogP contribution in [-0.4, -0.2) is 66.5 Å². The number of aliphatic hydroxyl groups is 1. The minimum Gasteiger partial charge on any atom is -0.462 e. The Morgan fingerprint density at radius 2 is 0.750 bits per heavy atom. The Morgan fingerprint density at radius 1 is 0.412 bits per heavy atom. The first-order chi connectivity index (χ1) is 33.2. The summed E-state index contributed by atoms with van der Waals surface area (Å²) in [7, 11) is -4.74. The second-order valence-corrected chi connectivity index (χ2v) is 19.8. The lowest BCUT2D eigenvalue weighted by atomic mass is 10.1. The van der Waals surface area contributed by atoms with Crippen LogP contribution in [0.25, 0.3) is 0 Å². The summed E-state index contributed by atoms with van der Waals surface area (Å²) in [5, 5.41) is 9.78. The summed E-state index contributed by atoms with van der Waals surface area (Å²) in [6, 6.07) is 0. The molecule has 0 aromatic heterocycles. The quantitative estimate of drug-likeness (QED) is 0.0197. The van der Waals surface area contributed by atoms with E-state index in [1.807, 2.05) is 0 Å². The fourth-order valence-electron chi connectivity index (χ4n) is 7.48. The number of aliphatic hydroxyl groups excluding tert-OH is 1. The van der Waals surface area contributed by atoms with Crippen LogP contribution in [-0.2, 0) is 42.2 Å². The molecule has 0 amide bonds. The minimum absolute atomic E-state index is 0.160. The Hall–Kier alpha value is -2.56. The number of phosphoric ester groups is 1. The van der Waals surface area contributed by atoms with Crippen molar-refractivity contribution in [3.63, 3.8) is 0 Å². The molecule has 0 aromatic carbocycles. The second kappa shape index (κ2) is 50.8. The van der Waals surface area contributed by atoms with Gasteiger partial charge in [0, 0.05) is 19.3 Å². The van der Waals surface area contributed by atoms with Crippen LogP contribution >= 0.6 is 7.82 Å². The van der Waals surface area contributed by atoms with Crippen molar-refractivity contribution < 1.29 is 52.2 Å². The van der Waals surface area contributed by atoms with E-state index in [2.05, 4.69) is 69.4 Å². The molecule has 0 saturated heterocycles. The van der Waals surface area contributed by atoms with Gasteiger partial charge in [0.05, 0.1) is 19.8 Å².